The van der Waals surface area contributed by atoms with Crippen LogP contribution in [0.5, 0.6) is 0 Å². The molecule has 0 spiro atoms. The smallest absolute Gasteiger partial charge is 0.246 e. The zero-order valence-electron chi connectivity index (χ0n) is 14.4. The SMILES string of the molecule is CC(C)c1nccn1[C@H](C)C(=O)NCc1nc(-c2cccnc2)no1. The molecule has 0 aromatic carbocycles. The highest BCUT2D eigenvalue weighted by Gasteiger charge is 2.19. The summed E-state index contributed by atoms with van der Waals surface area (Å²) in [5.74, 6) is 1.76. The second-order valence-electron chi connectivity index (χ2n) is 5.99. The van der Waals surface area contributed by atoms with Crippen LogP contribution in [0.4, 0.5) is 0 Å². The molecule has 0 aliphatic rings. The van der Waals surface area contributed by atoms with Gasteiger partial charge in [0.25, 0.3) is 0 Å². The summed E-state index contributed by atoms with van der Waals surface area (Å²) < 4.78 is 7.05. The number of carbonyl (C=O) groups is 1. The summed E-state index contributed by atoms with van der Waals surface area (Å²) in [6, 6.07) is 3.27. The first-order valence-electron chi connectivity index (χ1n) is 8.09. The zero-order valence-corrected chi connectivity index (χ0v) is 14.4. The van der Waals surface area contributed by atoms with Crippen LogP contribution in [0.2, 0.25) is 0 Å². The molecule has 0 unspecified atom stereocenters. The maximum Gasteiger partial charge on any atom is 0.246 e. The van der Waals surface area contributed by atoms with Gasteiger partial charge in [-0.3, -0.25) is 9.78 Å². The van der Waals surface area contributed by atoms with Gasteiger partial charge >= 0.3 is 0 Å². The summed E-state index contributed by atoms with van der Waals surface area (Å²) in [5.41, 5.74) is 0.761. The van der Waals surface area contributed by atoms with E-state index >= 15 is 0 Å². The number of nitrogens with zero attached hydrogens (tertiary/aromatic N) is 5. The molecule has 0 saturated carbocycles. The molecule has 1 amide bonds. The average molecular weight is 340 g/mol. The third-order valence-electron chi connectivity index (χ3n) is 3.81. The van der Waals surface area contributed by atoms with Gasteiger partial charge in [0.05, 0.1) is 6.54 Å². The molecule has 0 aliphatic heterocycles. The van der Waals surface area contributed by atoms with Crippen molar-refractivity contribution in [3.05, 3.63) is 48.6 Å². The summed E-state index contributed by atoms with van der Waals surface area (Å²) in [5, 5.41) is 6.72. The van der Waals surface area contributed by atoms with E-state index in [4.69, 9.17) is 4.52 Å². The molecule has 130 valence electrons. The van der Waals surface area contributed by atoms with E-state index in [-0.39, 0.29) is 24.4 Å². The summed E-state index contributed by atoms with van der Waals surface area (Å²) in [6.45, 7) is 6.09. The van der Waals surface area contributed by atoms with E-state index in [1.54, 1.807) is 24.7 Å². The fourth-order valence-corrected chi connectivity index (χ4v) is 2.47. The Hall–Kier alpha value is -3.03. The van der Waals surface area contributed by atoms with Gasteiger partial charge in [-0.1, -0.05) is 19.0 Å². The van der Waals surface area contributed by atoms with Crippen molar-refractivity contribution < 1.29 is 9.32 Å². The standard InChI is InChI=1S/C17H20N6O2/c1-11(2)16-19-7-8-23(16)12(3)17(24)20-10-14-21-15(22-25-14)13-5-4-6-18-9-13/h4-9,11-12H,10H2,1-3H3,(H,20,24)/t12-/m1/s1. The highest BCUT2D eigenvalue weighted by Crippen LogP contribution is 2.17. The van der Waals surface area contributed by atoms with Crippen molar-refractivity contribution in [2.24, 2.45) is 0 Å². The summed E-state index contributed by atoms with van der Waals surface area (Å²) in [7, 11) is 0. The van der Waals surface area contributed by atoms with Crippen LogP contribution in [-0.2, 0) is 11.3 Å². The molecular weight excluding hydrogens is 320 g/mol. The van der Waals surface area contributed by atoms with Gasteiger partial charge in [0.1, 0.15) is 11.9 Å². The van der Waals surface area contributed by atoms with Gasteiger partial charge in [-0.15, -0.1) is 0 Å². The van der Waals surface area contributed by atoms with Crippen molar-refractivity contribution in [2.75, 3.05) is 0 Å². The first-order valence-corrected chi connectivity index (χ1v) is 8.09. The normalized spacial score (nSPS) is 12.3. The second kappa shape index (κ2) is 7.25. The Morgan fingerprint density at radius 2 is 2.16 bits per heavy atom. The molecule has 0 bridgehead atoms. The molecule has 0 fully saturated rings. The number of carbonyl (C=O) groups excluding carboxylic acids is 1. The fraction of sp³-hybridized carbons (Fsp3) is 0.353. The van der Waals surface area contributed by atoms with Gasteiger partial charge in [-0.2, -0.15) is 4.98 Å². The molecule has 0 aliphatic carbocycles. The number of amides is 1. The Balaban J connectivity index is 1.63. The van der Waals surface area contributed by atoms with Gasteiger partial charge in [-0.25, -0.2) is 4.98 Å². The third-order valence-corrected chi connectivity index (χ3v) is 3.81. The molecule has 0 saturated heterocycles. The lowest BCUT2D eigenvalue weighted by atomic mass is 10.2. The number of nitrogens with one attached hydrogen (secondary N) is 1. The van der Waals surface area contributed by atoms with Gasteiger partial charge in [0.2, 0.25) is 17.6 Å². The molecule has 8 heteroatoms. The van der Waals surface area contributed by atoms with Crippen LogP contribution in [-0.4, -0.2) is 30.6 Å². The molecule has 3 heterocycles. The van der Waals surface area contributed by atoms with Crippen LogP contribution in [0.25, 0.3) is 11.4 Å². The molecule has 8 nitrogen and oxygen atoms in total. The first-order chi connectivity index (χ1) is 12.1. The molecule has 3 rings (SSSR count). The molecule has 3 aromatic heterocycles. The predicted molar refractivity (Wildman–Crippen MR) is 90.4 cm³/mol. The Bertz CT molecular complexity index is 840. The van der Waals surface area contributed by atoms with Crippen LogP contribution in [0, 0.1) is 0 Å². The van der Waals surface area contributed by atoms with E-state index in [9.17, 15) is 4.79 Å². The Kier molecular flexibility index (Phi) is 4.87. The minimum absolute atomic E-state index is 0.138. The highest BCUT2D eigenvalue weighted by molar-refractivity contribution is 5.79. The van der Waals surface area contributed by atoms with Gasteiger partial charge < -0.3 is 14.4 Å². The Morgan fingerprint density at radius 3 is 2.88 bits per heavy atom. The van der Waals surface area contributed by atoms with E-state index in [2.05, 4.69) is 25.4 Å². The molecule has 3 aromatic rings. The van der Waals surface area contributed by atoms with Crippen LogP contribution in [0.3, 0.4) is 0 Å². The molecule has 1 atom stereocenters. The lowest BCUT2D eigenvalue weighted by molar-refractivity contribution is -0.124. The first kappa shape index (κ1) is 16.8. The van der Waals surface area contributed by atoms with Crippen molar-refractivity contribution in [3.8, 4) is 11.4 Å². The predicted octanol–water partition coefficient (Wildman–Crippen LogP) is 2.33. The van der Waals surface area contributed by atoms with E-state index in [1.807, 2.05) is 37.6 Å². The van der Waals surface area contributed by atoms with Crippen molar-refractivity contribution in [1.82, 2.24) is 30.0 Å². The number of pyridine rings is 1. The summed E-state index contributed by atoms with van der Waals surface area (Å²) in [4.78, 5) is 25.0. The number of aromatic nitrogens is 5. The topological polar surface area (TPSA) is 98.7 Å². The Labute approximate surface area is 145 Å². The van der Waals surface area contributed by atoms with Gasteiger partial charge in [0.15, 0.2) is 0 Å². The molecule has 1 N–H and O–H groups in total. The quantitative estimate of drug-likeness (QED) is 0.739. The maximum absolute atomic E-state index is 12.4. The van der Waals surface area contributed by atoms with Gasteiger partial charge in [-0.05, 0) is 19.1 Å². The van der Waals surface area contributed by atoms with Crippen LogP contribution in [0.15, 0.2) is 41.4 Å². The second-order valence-corrected chi connectivity index (χ2v) is 5.99. The van der Waals surface area contributed by atoms with Crippen LogP contribution < -0.4 is 5.32 Å². The van der Waals surface area contributed by atoms with Crippen molar-refractivity contribution in [2.45, 2.75) is 39.3 Å². The van der Waals surface area contributed by atoms with E-state index in [0.29, 0.717) is 11.7 Å². The summed E-state index contributed by atoms with van der Waals surface area (Å²) in [6.07, 6.45) is 6.85. The highest BCUT2D eigenvalue weighted by atomic mass is 16.5. The number of hydrogen-bond acceptors (Lipinski definition) is 6. The molecular formula is C17H20N6O2. The fourth-order valence-electron chi connectivity index (χ4n) is 2.47. The number of imidazole rings is 1. The van der Waals surface area contributed by atoms with E-state index in [0.717, 1.165) is 11.4 Å². The minimum Gasteiger partial charge on any atom is -0.345 e. The zero-order chi connectivity index (χ0) is 17.8. The largest absolute Gasteiger partial charge is 0.345 e. The monoisotopic (exact) mass is 340 g/mol. The number of hydrogen-bond donors (Lipinski definition) is 1. The van der Waals surface area contributed by atoms with Crippen LogP contribution >= 0.6 is 0 Å². The van der Waals surface area contributed by atoms with E-state index in [1.165, 1.54) is 0 Å². The lowest BCUT2D eigenvalue weighted by Gasteiger charge is -2.17. The third kappa shape index (κ3) is 3.73. The van der Waals surface area contributed by atoms with Gasteiger partial charge in [0, 0.05) is 36.3 Å². The van der Waals surface area contributed by atoms with Crippen molar-refractivity contribution >= 4 is 5.91 Å². The lowest BCUT2D eigenvalue weighted by Crippen LogP contribution is -2.31. The van der Waals surface area contributed by atoms with Crippen molar-refractivity contribution in [1.29, 1.82) is 0 Å². The number of rotatable bonds is 6. The minimum atomic E-state index is -0.374. The van der Waals surface area contributed by atoms with Crippen molar-refractivity contribution in [3.63, 3.8) is 0 Å². The average Bonchev–Trinajstić information content (AvgIpc) is 3.29. The molecule has 0 radical (unpaired) electrons. The van der Waals surface area contributed by atoms with Crippen LogP contribution in [0.1, 0.15) is 44.4 Å². The summed E-state index contributed by atoms with van der Waals surface area (Å²) >= 11 is 0. The van der Waals surface area contributed by atoms with E-state index < -0.39 is 0 Å². The Morgan fingerprint density at radius 1 is 1.32 bits per heavy atom. The maximum atomic E-state index is 12.4. The molecule has 25 heavy (non-hydrogen) atoms.